The second kappa shape index (κ2) is 22.8. The first-order chi connectivity index (χ1) is 29.7. The van der Waals surface area contributed by atoms with Crippen LogP contribution in [0.5, 0.6) is 46.0 Å². The Kier molecular flexibility index (Phi) is 17.4. The second-order valence-electron chi connectivity index (χ2n) is 14.0. The molecule has 0 saturated carbocycles. The molecular formula is C46H50N4O12. The average Bonchev–Trinajstić information content (AvgIpc) is 3.25. The standard InChI is InChI=1S/C46H50N4O12/c47-21-3-24-48-22-1-2-23-49-25-20-46(42(59)16-8-30-4-12-34(51)38(55)26-30,43(60)17-9-31-5-13-35(52)39(56)27-31)50(44(61)18-10-32-6-14-36(53)40(57)28-32)45(62)19-11-33-7-15-37(54)41(58)29-33/h4-19,26-29,48-49,51-58H,1-3,20-25,47H2/b16-8+,17-9+,18-10+,19-11+. The molecule has 12 N–H and O–H groups in total. The van der Waals surface area contributed by atoms with E-state index in [0.717, 1.165) is 80.1 Å². The Hall–Kier alpha value is -7.40. The summed E-state index contributed by atoms with van der Waals surface area (Å²) in [4.78, 5) is 59.4. The van der Waals surface area contributed by atoms with Crippen molar-refractivity contribution < 1.29 is 60.0 Å². The summed E-state index contributed by atoms with van der Waals surface area (Å²) in [5, 5.41) is 86.3. The lowest BCUT2D eigenvalue weighted by Crippen LogP contribution is -2.63. The van der Waals surface area contributed by atoms with Gasteiger partial charge >= 0.3 is 0 Å². The predicted octanol–water partition coefficient (Wildman–Crippen LogP) is 4.42. The van der Waals surface area contributed by atoms with Gasteiger partial charge in [-0.3, -0.25) is 24.1 Å². The summed E-state index contributed by atoms with van der Waals surface area (Å²) in [5.74, 6) is -8.27. The van der Waals surface area contributed by atoms with Crippen molar-refractivity contribution in [2.75, 3.05) is 32.7 Å². The molecule has 16 nitrogen and oxygen atoms in total. The van der Waals surface area contributed by atoms with Crippen LogP contribution in [0, 0.1) is 0 Å². The molecule has 0 spiro atoms. The van der Waals surface area contributed by atoms with Gasteiger partial charge in [-0.05, 0) is 153 Å². The number of nitrogens with one attached hydrogen (secondary N) is 2. The first-order valence-corrected chi connectivity index (χ1v) is 19.5. The van der Waals surface area contributed by atoms with Crippen LogP contribution in [-0.2, 0) is 19.2 Å². The number of hydrogen-bond acceptors (Lipinski definition) is 15. The Balaban J connectivity index is 1.90. The number of amides is 2. The number of rotatable bonds is 22. The number of unbranched alkanes of at least 4 members (excludes halogenated alkanes) is 1. The van der Waals surface area contributed by atoms with E-state index in [2.05, 4.69) is 10.6 Å². The van der Waals surface area contributed by atoms with E-state index in [9.17, 15) is 60.0 Å². The van der Waals surface area contributed by atoms with Crippen LogP contribution in [0.3, 0.4) is 0 Å². The summed E-state index contributed by atoms with van der Waals surface area (Å²) >= 11 is 0. The van der Waals surface area contributed by atoms with E-state index in [-0.39, 0.29) is 28.8 Å². The van der Waals surface area contributed by atoms with Gasteiger partial charge in [-0.2, -0.15) is 0 Å². The van der Waals surface area contributed by atoms with Gasteiger partial charge in [0.15, 0.2) is 63.1 Å². The van der Waals surface area contributed by atoms with Crippen molar-refractivity contribution in [2.24, 2.45) is 5.73 Å². The van der Waals surface area contributed by atoms with Crippen LogP contribution in [0.2, 0.25) is 0 Å². The molecule has 62 heavy (non-hydrogen) atoms. The molecule has 0 unspecified atom stereocenters. The van der Waals surface area contributed by atoms with Gasteiger partial charge in [0.1, 0.15) is 0 Å². The molecule has 4 aromatic carbocycles. The summed E-state index contributed by atoms with van der Waals surface area (Å²) in [6, 6.07) is 14.7. The van der Waals surface area contributed by atoms with E-state index in [0.29, 0.717) is 31.0 Å². The Morgan fingerprint density at radius 3 is 1.13 bits per heavy atom. The number of ketones is 2. The molecule has 0 radical (unpaired) electrons. The largest absolute Gasteiger partial charge is 0.504 e. The average molecular weight is 851 g/mol. The monoisotopic (exact) mass is 850 g/mol. The summed E-state index contributed by atoms with van der Waals surface area (Å²) in [7, 11) is 0. The molecule has 0 aliphatic heterocycles. The Morgan fingerprint density at radius 1 is 0.468 bits per heavy atom. The number of carbonyl (C=O) groups excluding carboxylic acids is 4. The fourth-order valence-corrected chi connectivity index (χ4v) is 6.11. The van der Waals surface area contributed by atoms with Gasteiger partial charge in [-0.25, -0.2) is 0 Å². The number of benzene rings is 4. The summed E-state index contributed by atoms with van der Waals surface area (Å²) < 4.78 is 0. The maximum absolute atomic E-state index is 14.9. The molecule has 0 saturated heterocycles. The van der Waals surface area contributed by atoms with Gasteiger partial charge in [0.05, 0.1) is 0 Å². The molecular weight excluding hydrogens is 801 g/mol. The number of phenols is 8. The fourth-order valence-electron chi connectivity index (χ4n) is 6.11. The first kappa shape index (κ1) is 47.3. The number of hydrogen-bond donors (Lipinski definition) is 11. The van der Waals surface area contributed by atoms with Crippen LogP contribution >= 0.6 is 0 Å². The van der Waals surface area contributed by atoms with E-state index >= 15 is 0 Å². The zero-order valence-electron chi connectivity index (χ0n) is 33.6. The smallest absolute Gasteiger partial charge is 0.254 e. The minimum Gasteiger partial charge on any atom is -0.504 e. The molecule has 4 aromatic rings. The van der Waals surface area contributed by atoms with Crippen LogP contribution in [0.25, 0.3) is 24.3 Å². The zero-order valence-corrected chi connectivity index (χ0v) is 33.6. The molecule has 0 atom stereocenters. The van der Waals surface area contributed by atoms with Gasteiger partial charge in [-0.1, -0.05) is 36.4 Å². The molecule has 0 bridgehead atoms. The highest BCUT2D eigenvalue weighted by atomic mass is 16.3. The maximum Gasteiger partial charge on any atom is 0.254 e. The third-order valence-electron chi connectivity index (χ3n) is 9.51. The zero-order chi connectivity index (χ0) is 45.2. The van der Waals surface area contributed by atoms with Gasteiger partial charge in [0, 0.05) is 12.2 Å². The molecule has 0 aromatic heterocycles. The van der Waals surface area contributed by atoms with Crippen LogP contribution in [0.4, 0.5) is 0 Å². The molecule has 0 aliphatic rings. The summed E-state index contributed by atoms with van der Waals surface area (Å²) in [6.07, 6.45) is 10.3. The molecule has 4 rings (SSSR count). The number of nitrogens with zero attached hydrogens (tertiary/aromatic N) is 1. The van der Waals surface area contributed by atoms with Crippen molar-refractivity contribution in [1.82, 2.24) is 15.5 Å². The highest BCUT2D eigenvalue weighted by Crippen LogP contribution is 2.32. The van der Waals surface area contributed by atoms with E-state index in [1.807, 2.05) is 0 Å². The van der Waals surface area contributed by atoms with Crippen LogP contribution in [0.15, 0.2) is 97.1 Å². The van der Waals surface area contributed by atoms with E-state index in [1.54, 1.807) is 0 Å². The van der Waals surface area contributed by atoms with Crippen molar-refractivity contribution in [1.29, 1.82) is 0 Å². The third-order valence-corrected chi connectivity index (χ3v) is 9.51. The van der Waals surface area contributed by atoms with Crippen LogP contribution in [-0.4, -0.2) is 107 Å². The maximum atomic E-state index is 14.9. The minimum absolute atomic E-state index is 0.0953. The summed E-state index contributed by atoms with van der Waals surface area (Å²) in [5.41, 5.74) is 3.67. The van der Waals surface area contributed by atoms with Gasteiger partial charge in [0.2, 0.25) is 0 Å². The quantitative estimate of drug-likeness (QED) is 0.0226. The van der Waals surface area contributed by atoms with Gasteiger partial charge in [0.25, 0.3) is 11.8 Å². The highest BCUT2D eigenvalue weighted by Gasteiger charge is 2.52. The molecule has 16 heteroatoms. The SMILES string of the molecule is NCCCNCCCCNCCC(C(=O)/C=C/c1ccc(O)c(O)c1)(C(=O)/C=C/c1ccc(O)c(O)c1)N(C(=O)/C=C/c1ccc(O)c(O)c1)C(=O)/C=C/c1ccc(O)c(O)c1. The third kappa shape index (κ3) is 13.0. The van der Waals surface area contributed by atoms with Crippen molar-refractivity contribution in [2.45, 2.75) is 31.2 Å². The topological polar surface area (TPSA) is 283 Å². The number of nitrogens with two attached hydrogens (primary N) is 1. The molecule has 0 fully saturated rings. The van der Waals surface area contributed by atoms with Gasteiger partial charge in [-0.15, -0.1) is 0 Å². The molecule has 0 heterocycles. The van der Waals surface area contributed by atoms with Crippen molar-refractivity contribution in [3.8, 4) is 46.0 Å². The first-order valence-electron chi connectivity index (χ1n) is 19.5. The Labute approximate surface area is 357 Å². The van der Waals surface area contributed by atoms with Gasteiger partial charge < -0.3 is 57.2 Å². The lowest BCUT2D eigenvalue weighted by molar-refractivity contribution is -0.156. The normalized spacial score (nSPS) is 11.9. The highest BCUT2D eigenvalue weighted by molar-refractivity contribution is 6.27. The van der Waals surface area contributed by atoms with Crippen LogP contribution < -0.4 is 16.4 Å². The van der Waals surface area contributed by atoms with E-state index in [4.69, 9.17) is 5.73 Å². The van der Waals surface area contributed by atoms with Crippen molar-refractivity contribution in [3.63, 3.8) is 0 Å². The molecule has 0 aliphatic carbocycles. The summed E-state index contributed by atoms with van der Waals surface area (Å²) in [6.45, 7) is 2.35. The Bertz CT molecular complexity index is 2210. The number of phenolic OH excluding ortho intramolecular Hbond substituents is 8. The van der Waals surface area contributed by atoms with E-state index in [1.165, 1.54) is 60.7 Å². The van der Waals surface area contributed by atoms with E-state index < -0.39 is 81.3 Å². The van der Waals surface area contributed by atoms with Crippen LogP contribution in [0.1, 0.15) is 47.9 Å². The molecule has 2 amide bonds. The predicted molar refractivity (Wildman–Crippen MR) is 233 cm³/mol. The number of carbonyl (C=O) groups is 4. The Morgan fingerprint density at radius 2 is 0.790 bits per heavy atom. The lowest BCUT2D eigenvalue weighted by atomic mass is 9.81. The number of imide groups is 1. The minimum atomic E-state index is -2.67. The van der Waals surface area contributed by atoms with Crippen molar-refractivity contribution >= 4 is 47.7 Å². The fraction of sp³-hybridized carbons (Fsp3) is 0.217. The van der Waals surface area contributed by atoms with Crippen molar-refractivity contribution in [3.05, 3.63) is 119 Å². The lowest BCUT2D eigenvalue weighted by Gasteiger charge is -2.38. The number of aromatic hydroxyl groups is 8. The molecule has 326 valence electrons. The second-order valence-corrected chi connectivity index (χ2v) is 14.0.